The fourth-order valence-corrected chi connectivity index (χ4v) is 7.30. The highest BCUT2D eigenvalue weighted by molar-refractivity contribution is 6.46. The molecule has 8 nitrogen and oxygen atoms in total. The molecule has 0 radical (unpaired) electrons. The van der Waals surface area contributed by atoms with Crippen LogP contribution in [0.3, 0.4) is 0 Å². The predicted octanol–water partition coefficient (Wildman–Crippen LogP) is 6.79. The van der Waals surface area contributed by atoms with E-state index in [4.69, 9.17) is 14.7 Å². The summed E-state index contributed by atoms with van der Waals surface area (Å²) in [7, 11) is 1.68. The predicted molar refractivity (Wildman–Crippen MR) is 181 cm³/mol. The molecule has 0 fully saturated rings. The maximum Gasteiger partial charge on any atom is 0.156 e. The molecule has 3 unspecified atom stereocenters. The fourth-order valence-electron chi connectivity index (χ4n) is 7.30. The van der Waals surface area contributed by atoms with Crippen LogP contribution >= 0.6 is 0 Å². The zero-order valence-electron chi connectivity index (χ0n) is 24.7. The Balaban J connectivity index is 1.08. The molecule has 0 amide bonds. The first-order valence-corrected chi connectivity index (χ1v) is 15.4. The summed E-state index contributed by atoms with van der Waals surface area (Å²) in [5, 5.41) is 20.9. The van der Waals surface area contributed by atoms with E-state index in [1.54, 1.807) is 7.11 Å². The number of amidine groups is 2. The van der Waals surface area contributed by atoms with E-state index < -0.39 is 0 Å². The summed E-state index contributed by atoms with van der Waals surface area (Å²) in [6.45, 7) is 0.775. The molecule has 0 spiro atoms. The number of ether oxygens (including phenoxy) is 1. The molecule has 3 N–H and O–H groups in total. The zero-order valence-corrected chi connectivity index (χ0v) is 24.7. The van der Waals surface area contributed by atoms with Gasteiger partial charge in [0.2, 0.25) is 0 Å². The average molecular weight is 591 g/mol. The molecule has 2 aromatic rings. The normalized spacial score (nSPS) is 25.7. The smallest absolute Gasteiger partial charge is 0.156 e. The molecule has 0 bridgehead atoms. The van der Waals surface area contributed by atoms with Crippen LogP contribution in [0.15, 0.2) is 139 Å². The third-order valence-electron chi connectivity index (χ3n) is 9.37. The summed E-state index contributed by atoms with van der Waals surface area (Å²) in [6.07, 6.45) is 22.4. The number of nitrogens with one attached hydrogen (secondary N) is 2. The minimum atomic E-state index is -0.105. The number of rotatable bonds is 5. The summed E-state index contributed by atoms with van der Waals surface area (Å²) < 4.78 is 6.05. The summed E-state index contributed by atoms with van der Waals surface area (Å²) in [5.41, 5.74) is 8.28. The van der Waals surface area contributed by atoms with Gasteiger partial charge in [0.25, 0.3) is 0 Å². The highest BCUT2D eigenvalue weighted by atomic mass is 16.5. The van der Waals surface area contributed by atoms with E-state index in [2.05, 4.69) is 75.3 Å². The molecule has 3 atom stereocenters. The molecule has 4 heterocycles. The van der Waals surface area contributed by atoms with Gasteiger partial charge in [-0.25, -0.2) is 9.98 Å². The number of aliphatic hydroxyl groups excluding tert-OH is 1. The van der Waals surface area contributed by atoms with Crippen LogP contribution in [0.1, 0.15) is 18.4 Å². The Kier molecular flexibility index (Phi) is 5.78. The van der Waals surface area contributed by atoms with Crippen molar-refractivity contribution in [1.29, 1.82) is 0 Å². The Morgan fingerprint density at radius 3 is 2.73 bits per heavy atom. The van der Waals surface area contributed by atoms with Crippen molar-refractivity contribution in [2.24, 2.45) is 31.8 Å². The molecule has 3 aliphatic carbocycles. The van der Waals surface area contributed by atoms with Gasteiger partial charge >= 0.3 is 0 Å². The van der Waals surface area contributed by atoms with Gasteiger partial charge in [-0.1, -0.05) is 48.6 Å². The van der Waals surface area contributed by atoms with Crippen LogP contribution in [0.2, 0.25) is 0 Å². The van der Waals surface area contributed by atoms with Crippen molar-refractivity contribution >= 4 is 51.3 Å². The highest BCUT2D eigenvalue weighted by Gasteiger charge is 2.43. The van der Waals surface area contributed by atoms with E-state index in [9.17, 15) is 5.11 Å². The highest BCUT2D eigenvalue weighted by Crippen LogP contribution is 2.53. The molecule has 2 aromatic carbocycles. The number of allylic oxidation sites excluding steroid dienone is 9. The standard InChI is InChI=1S/C37H30N6O2/c1-45-35-32(22-14-16-26-30-20(22)8-6-12-24(30)40-36(42-26)28-10-2-4-18-38-28)34(44)33(35)23-15-17-27-31-21(23)9-7-13-25(31)41-37(43-27)29-11-3-5-19-39-29/h2-4,6-9,11-18,21,23,28,44H,5,10,19H2,1H3,(H,40,42)(H,41,43). The quantitative estimate of drug-likeness (QED) is 0.357. The first-order chi connectivity index (χ1) is 22.2. The molecular weight excluding hydrogens is 560 g/mol. The molecule has 0 saturated heterocycles. The summed E-state index contributed by atoms with van der Waals surface area (Å²) >= 11 is 0. The molecular formula is C37H30N6O2. The molecule has 8 heteroatoms. The van der Waals surface area contributed by atoms with Crippen molar-refractivity contribution in [3.63, 3.8) is 0 Å². The third kappa shape index (κ3) is 3.91. The first-order valence-electron chi connectivity index (χ1n) is 15.4. The molecule has 9 rings (SSSR count). The van der Waals surface area contributed by atoms with Gasteiger partial charge in [-0.05, 0) is 60.2 Å². The minimum absolute atomic E-state index is 0.000977. The number of methoxy groups -OCH3 is 1. The van der Waals surface area contributed by atoms with E-state index >= 15 is 0 Å². The van der Waals surface area contributed by atoms with Crippen LogP contribution in [0, 0.1) is 11.8 Å². The number of aliphatic hydroxyl groups is 1. The van der Waals surface area contributed by atoms with E-state index in [0.717, 1.165) is 92.6 Å². The van der Waals surface area contributed by atoms with Crippen LogP contribution in [-0.2, 0) is 4.74 Å². The second kappa shape index (κ2) is 10.0. The number of dihydropyridines is 2. The lowest BCUT2D eigenvalue weighted by atomic mass is 9.69. The number of nitrogens with zero attached hydrogens (tertiary/aromatic N) is 4. The number of benzene rings is 2. The Hall–Kier alpha value is -5.50. The number of aliphatic imine (C=N–C) groups is 4. The monoisotopic (exact) mass is 590 g/mol. The Morgan fingerprint density at radius 2 is 1.89 bits per heavy atom. The van der Waals surface area contributed by atoms with Gasteiger partial charge in [0.05, 0.1) is 29.8 Å². The number of hydrogen-bond acceptors (Lipinski definition) is 8. The van der Waals surface area contributed by atoms with E-state index in [1.165, 1.54) is 0 Å². The first kappa shape index (κ1) is 25.9. The van der Waals surface area contributed by atoms with Crippen molar-refractivity contribution in [3.05, 3.63) is 125 Å². The molecule has 4 aliphatic heterocycles. The Bertz CT molecular complexity index is 2090. The molecule has 0 saturated carbocycles. The van der Waals surface area contributed by atoms with Crippen molar-refractivity contribution < 1.29 is 9.84 Å². The lowest BCUT2D eigenvalue weighted by Gasteiger charge is -2.39. The fraction of sp³-hybridized carbons (Fsp3) is 0.189. The van der Waals surface area contributed by atoms with Gasteiger partial charge in [-0.3, -0.25) is 9.98 Å². The summed E-state index contributed by atoms with van der Waals surface area (Å²) in [4.78, 5) is 19.2. The Labute approximate surface area is 260 Å². The maximum atomic E-state index is 11.8. The van der Waals surface area contributed by atoms with Gasteiger partial charge in [0.1, 0.15) is 23.4 Å². The van der Waals surface area contributed by atoms with Crippen molar-refractivity contribution in [2.45, 2.75) is 18.9 Å². The average Bonchev–Trinajstić information content (AvgIpc) is 3.10. The maximum absolute atomic E-state index is 11.8. The van der Waals surface area contributed by atoms with Crippen molar-refractivity contribution in [3.8, 4) is 0 Å². The minimum Gasteiger partial charge on any atom is -0.507 e. The van der Waals surface area contributed by atoms with Crippen LogP contribution in [0.5, 0.6) is 0 Å². The Morgan fingerprint density at radius 1 is 0.956 bits per heavy atom. The van der Waals surface area contributed by atoms with Crippen LogP contribution in [0.25, 0.3) is 16.3 Å². The third-order valence-corrected chi connectivity index (χ3v) is 9.37. The van der Waals surface area contributed by atoms with Crippen molar-refractivity contribution in [1.82, 2.24) is 5.32 Å². The summed E-state index contributed by atoms with van der Waals surface area (Å²) in [6, 6.07) is 10.2. The molecule has 7 aliphatic rings. The summed E-state index contributed by atoms with van der Waals surface area (Å²) in [5.74, 6) is 2.49. The number of anilines is 1. The zero-order chi connectivity index (χ0) is 30.1. The van der Waals surface area contributed by atoms with Crippen LogP contribution in [-0.4, -0.2) is 48.4 Å². The topological polar surface area (TPSA) is 103 Å². The largest absolute Gasteiger partial charge is 0.507 e. The second-order valence-corrected chi connectivity index (χ2v) is 11.8. The molecule has 45 heavy (non-hydrogen) atoms. The van der Waals surface area contributed by atoms with Crippen LogP contribution in [0.4, 0.5) is 11.4 Å². The second-order valence-electron chi connectivity index (χ2n) is 11.8. The van der Waals surface area contributed by atoms with E-state index in [1.807, 2.05) is 36.6 Å². The van der Waals surface area contributed by atoms with E-state index in [0.29, 0.717) is 5.76 Å². The van der Waals surface area contributed by atoms with Gasteiger partial charge in [-0.2, -0.15) is 0 Å². The van der Waals surface area contributed by atoms with Gasteiger partial charge in [0, 0.05) is 52.5 Å². The molecule has 220 valence electrons. The SMILES string of the molecule is COC1=C(C2C=CC3=C4C(=CC=CC42)NC(C2=NCCC=C2)=N3)C(O)=C1c1ccc2c3c(cccc13)NC(C1CC=CC=N1)=N2. The van der Waals surface area contributed by atoms with E-state index in [-0.39, 0.29) is 23.6 Å². The van der Waals surface area contributed by atoms with Gasteiger partial charge < -0.3 is 20.5 Å². The van der Waals surface area contributed by atoms with Gasteiger partial charge in [-0.15, -0.1) is 0 Å². The molecule has 0 aromatic heterocycles. The number of hydrogen-bond donors (Lipinski definition) is 3. The van der Waals surface area contributed by atoms with Gasteiger partial charge in [0.15, 0.2) is 5.84 Å². The van der Waals surface area contributed by atoms with Crippen molar-refractivity contribution in [2.75, 3.05) is 19.0 Å². The van der Waals surface area contributed by atoms with Crippen LogP contribution < -0.4 is 10.6 Å². The lowest BCUT2D eigenvalue weighted by molar-refractivity contribution is 0.277. The lowest BCUT2D eigenvalue weighted by Crippen LogP contribution is -2.38.